The maximum atomic E-state index is 12.0. The predicted octanol–water partition coefficient (Wildman–Crippen LogP) is 2.05. The van der Waals surface area contributed by atoms with Gasteiger partial charge in [0, 0.05) is 6.04 Å². The van der Waals surface area contributed by atoms with E-state index in [2.05, 4.69) is 15.5 Å². The zero-order valence-electron chi connectivity index (χ0n) is 13.7. The summed E-state index contributed by atoms with van der Waals surface area (Å²) < 4.78 is 1.51. The highest BCUT2D eigenvalue weighted by atomic mass is 32.1. The molecule has 0 saturated carbocycles. The van der Waals surface area contributed by atoms with Gasteiger partial charge in [0.1, 0.15) is 11.3 Å². The molecule has 1 aromatic carbocycles. The second kappa shape index (κ2) is 7.75. The number of carbonyl (C=O) groups is 1. The first kappa shape index (κ1) is 18.4. The number of aromatic hydroxyl groups is 2. The van der Waals surface area contributed by atoms with Crippen molar-refractivity contribution in [2.45, 2.75) is 26.3 Å². The number of aromatic nitrogens is 2. The van der Waals surface area contributed by atoms with E-state index in [-0.39, 0.29) is 33.6 Å². The van der Waals surface area contributed by atoms with Crippen molar-refractivity contribution in [1.29, 1.82) is 0 Å². The lowest BCUT2D eigenvalue weighted by atomic mass is 10.2. The Kier molecular flexibility index (Phi) is 5.71. The molecule has 9 heteroatoms. The molecule has 25 heavy (non-hydrogen) atoms. The molecule has 4 N–H and O–H groups in total. The van der Waals surface area contributed by atoms with Crippen LogP contribution in [0, 0.1) is 4.77 Å². The van der Waals surface area contributed by atoms with Gasteiger partial charge in [-0.25, -0.2) is 5.43 Å². The summed E-state index contributed by atoms with van der Waals surface area (Å²) in [6.07, 6.45) is 1.72. The van der Waals surface area contributed by atoms with Crippen molar-refractivity contribution in [1.82, 2.24) is 15.0 Å². The van der Waals surface area contributed by atoms with Crippen molar-refractivity contribution in [3.05, 3.63) is 50.5 Å². The third kappa shape index (κ3) is 3.94. The molecule has 1 aromatic heterocycles. The molecule has 0 radical (unpaired) electrons. The van der Waals surface area contributed by atoms with Crippen LogP contribution < -0.4 is 11.0 Å². The standard InChI is InChI=1S/C16H18N4O4S/c1-3-9(2)20-15(24)11(13(22)18-16(20)25)8-17-19-14(23)10-6-4-5-7-12(10)21/h4-9,21,24H,3H2,1-2H3,(H,19,23)(H,18,22,25)/t9-/m1/s1. The fourth-order valence-corrected chi connectivity index (χ4v) is 2.50. The second-order valence-electron chi connectivity index (χ2n) is 5.34. The molecule has 1 heterocycles. The highest BCUT2D eigenvalue weighted by Crippen LogP contribution is 2.20. The van der Waals surface area contributed by atoms with Gasteiger partial charge in [-0.15, -0.1) is 0 Å². The minimum absolute atomic E-state index is 0.0355. The average Bonchev–Trinajstić information content (AvgIpc) is 2.57. The number of carbonyl (C=O) groups excluding carboxylic acids is 1. The molecule has 0 fully saturated rings. The van der Waals surface area contributed by atoms with E-state index in [1.54, 1.807) is 12.1 Å². The van der Waals surface area contributed by atoms with Crippen LogP contribution in [0.15, 0.2) is 34.2 Å². The summed E-state index contributed by atoms with van der Waals surface area (Å²) in [6.45, 7) is 3.76. The number of nitrogens with one attached hydrogen (secondary N) is 2. The lowest BCUT2D eigenvalue weighted by molar-refractivity contribution is 0.0952. The van der Waals surface area contributed by atoms with Crippen LogP contribution in [0.25, 0.3) is 0 Å². The molecule has 0 aliphatic heterocycles. The highest BCUT2D eigenvalue weighted by molar-refractivity contribution is 7.71. The molecule has 0 unspecified atom stereocenters. The van der Waals surface area contributed by atoms with Gasteiger partial charge in [-0.05, 0) is 37.7 Å². The van der Waals surface area contributed by atoms with Crippen LogP contribution in [0.1, 0.15) is 42.2 Å². The van der Waals surface area contributed by atoms with Gasteiger partial charge in [0.2, 0.25) is 5.88 Å². The third-order valence-electron chi connectivity index (χ3n) is 3.69. The fraction of sp³-hybridized carbons (Fsp3) is 0.250. The van der Waals surface area contributed by atoms with Crippen LogP contribution in [-0.2, 0) is 0 Å². The first-order chi connectivity index (χ1) is 11.9. The number of hydrogen-bond donors (Lipinski definition) is 4. The molecule has 8 nitrogen and oxygen atoms in total. The topological polar surface area (TPSA) is 120 Å². The van der Waals surface area contributed by atoms with Crippen molar-refractivity contribution in [3.8, 4) is 11.6 Å². The number of hydrazone groups is 1. The normalized spacial score (nSPS) is 12.2. The number of H-pyrrole nitrogens is 1. The minimum Gasteiger partial charge on any atom is -0.507 e. The highest BCUT2D eigenvalue weighted by Gasteiger charge is 2.15. The number of para-hydroxylation sites is 1. The van der Waals surface area contributed by atoms with Crippen molar-refractivity contribution in [3.63, 3.8) is 0 Å². The van der Waals surface area contributed by atoms with Crippen molar-refractivity contribution in [2.24, 2.45) is 5.10 Å². The summed E-state index contributed by atoms with van der Waals surface area (Å²) in [6, 6.07) is 5.83. The molecular formula is C16H18N4O4S. The molecule has 0 bridgehead atoms. The van der Waals surface area contributed by atoms with E-state index in [0.717, 1.165) is 6.21 Å². The summed E-state index contributed by atoms with van der Waals surface area (Å²) in [7, 11) is 0. The number of amides is 1. The minimum atomic E-state index is -0.653. The molecule has 1 atom stereocenters. The molecule has 2 aromatic rings. The summed E-state index contributed by atoms with van der Waals surface area (Å²) in [5.41, 5.74) is 1.47. The molecular weight excluding hydrogens is 344 g/mol. The maximum absolute atomic E-state index is 12.0. The Hall–Kier alpha value is -2.94. The number of hydrogen-bond acceptors (Lipinski definition) is 6. The second-order valence-corrected chi connectivity index (χ2v) is 5.73. The van der Waals surface area contributed by atoms with Crippen molar-refractivity contribution in [2.75, 3.05) is 0 Å². The molecule has 2 rings (SSSR count). The first-order valence-electron chi connectivity index (χ1n) is 7.56. The van der Waals surface area contributed by atoms with Crippen LogP contribution in [0.2, 0.25) is 0 Å². The molecule has 0 aliphatic rings. The van der Waals surface area contributed by atoms with E-state index >= 15 is 0 Å². The average molecular weight is 362 g/mol. The molecule has 0 saturated heterocycles. The Morgan fingerprint density at radius 1 is 1.44 bits per heavy atom. The molecule has 132 valence electrons. The lowest BCUT2D eigenvalue weighted by Gasteiger charge is -2.16. The Morgan fingerprint density at radius 2 is 2.12 bits per heavy atom. The Labute approximate surface area is 148 Å². The number of phenolic OH excluding ortho intramolecular Hbond substituents is 1. The van der Waals surface area contributed by atoms with Crippen LogP contribution in [0.3, 0.4) is 0 Å². The predicted molar refractivity (Wildman–Crippen MR) is 95.7 cm³/mol. The van der Waals surface area contributed by atoms with Crippen molar-refractivity contribution >= 4 is 24.3 Å². The van der Waals surface area contributed by atoms with Gasteiger partial charge in [0.25, 0.3) is 11.5 Å². The van der Waals surface area contributed by atoms with E-state index in [1.807, 2.05) is 13.8 Å². The molecule has 0 aliphatic carbocycles. The van der Waals surface area contributed by atoms with Gasteiger partial charge in [0.05, 0.1) is 11.8 Å². The van der Waals surface area contributed by atoms with E-state index < -0.39 is 11.5 Å². The number of benzene rings is 1. The summed E-state index contributed by atoms with van der Waals surface area (Å²) >= 11 is 5.07. The van der Waals surface area contributed by atoms with Crippen LogP contribution in [-0.4, -0.2) is 31.9 Å². The molecule has 1 amide bonds. The Balaban J connectivity index is 2.30. The number of phenols is 1. The number of nitrogens with zero attached hydrogens (tertiary/aromatic N) is 2. The summed E-state index contributed by atoms with van der Waals surface area (Å²) in [5.74, 6) is -1.18. The van der Waals surface area contributed by atoms with Gasteiger partial charge < -0.3 is 10.2 Å². The van der Waals surface area contributed by atoms with E-state index in [9.17, 15) is 19.8 Å². The summed E-state index contributed by atoms with van der Waals surface area (Å²) in [4.78, 5) is 26.4. The van der Waals surface area contributed by atoms with Crippen molar-refractivity contribution < 1.29 is 15.0 Å². The SMILES string of the molecule is CC[C@@H](C)n1c(O)c(C=NNC(=O)c2ccccc2O)c(=O)[nH]c1=S. The van der Waals surface area contributed by atoms with Gasteiger partial charge in [-0.1, -0.05) is 19.1 Å². The monoisotopic (exact) mass is 362 g/mol. The van der Waals surface area contributed by atoms with Crippen LogP contribution in [0.4, 0.5) is 0 Å². The van der Waals surface area contributed by atoms with E-state index in [4.69, 9.17) is 12.2 Å². The largest absolute Gasteiger partial charge is 0.507 e. The quantitative estimate of drug-likeness (QED) is 0.369. The van der Waals surface area contributed by atoms with Gasteiger partial charge in [-0.3, -0.25) is 19.1 Å². The van der Waals surface area contributed by atoms with Crippen LogP contribution >= 0.6 is 12.2 Å². The Morgan fingerprint density at radius 3 is 2.76 bits per heavy atom. The van der Waals surface area contributed by atoms with Gasteiger partial charge >= 0.3 is 0 Å². The maximum Gasteiger partial charge on any atom is 0.275 e. The van der Waals surface area contributed by atoms with Gasteiger partial charge in [-0.2, -0.15) is 5.10 Å². The summed E-state index contributed by atoms with van der Waals surface area (Å²) in [5, 5.41) is 23.6. The first-order valence-corrected chi connectivity index (χ1v) is 7.96. The van der Waals surface area contributed by atoms with E-state index in [0.29, 0.717) is 6.42 Å². The van der Waals surface area contributed by atoms with Gasteiger partial charge in [0.15, 0.2) is 4.77 Å². The van der Waals surface area contributed by atoms with Crippen LogP contribution in [0.5, 0.6) is 11.6 Å². The number of rotatable bonds is 5. The smallest absolute Gasteiger partial charge is 0.275 e. The number of aromatic amines is 1. The zero-order valence-corrected chi connectivity index (χ0v) is 14.5. The Bertz CT molecular complexity index is 932. The third-order valence-corrected chi connectivity index (χ3v) is 3.99. The lowest BCUT2D eigenvalue weighted by Crippen LogP contribution is -2.22. The zero-order chi connectivity index (χ0) is 18.6. The van der Waals surface area contributed by atoms with E-state index in [1.165, 1.54) is 16.7 Å². The molecule has 0 spiro atoms. The fourth-order valence-electron chi connectivity index (χ4n) is 2.14.